The van der Waals surface area contributed by atoms with Crippen LogP contribution in [0.1, 0.15) is 56.3 Å². The molecular weight excluding hydrogens is 538 g/mol. The smallest absolute Gasteiger partial charge is 0.282 e. The Morgan fingerprint density at radius 1 is 1.19 bits per heavy atom. The monoisotopic (exact) mass is 561 g/mol. The number of fused-ring (bicyclic) bond motifs is 1. The maximum atomic E-state index is 13.4. The van der Waals surface area contributed by atoms with Crippen molar-refractivity contribution in [3.05, 3.63) is 61.0 Å². The lowest BCUT2D eigenvalue weighted by Crippen LogP contribution is -2.25. The van der Waals surface area contributed by atoms with E-state index in [1.165, 1.54) is 11.1 Å². The number of nitrogens with zero attached hydrogens (tertiary/aromatic N) is 3. The molecule has 4 rings (SSSR count). The van der Waals surface area contributed by atoms with Gasteiger partial charge in [0.25, 0.3) is 5.56 Å². The topological polar surface area (TPSA) is 65.7 Å². The summed E-state index contributed by atoms with van der Waals surface area (Å²) in [6.07, 6.45) is 7.22. The van der Waals surface area contributed by atoms with Gasteiger partial charge in [0.05, 0.1) is 35.3 Å². The Bertz CT molecular complexity index is 1220. The first kappa shape index (κ1) is 23.0. The van der Waals surface area contributed by atoms with Crippen LogP contribution in [0.2, 0.25) is 0 Å². The molecule has 1 heterocycles. The number of rotatable bonds is 6. The lowest BCUT2D eigenvalue weighted by molar-refractivity contribution is 0.308. The molecule has 168 valence electrons. The Kier molecular flexibility index (Phi) is 7.30. The van der Waals surface area contributed by atoms with Crippen LogP contribution in [0.4, 0.5) is 0 Å². The minimum atomic E-state index is -0.152. The summed E-state index contributed by atoms with van der Waals surface area (Å²) < 4.78 is 14.2. The highest BCUT2D eigenvalue weighted by atomic mass is 79.9. The quantitative estimate of drug-likeness (QED) is 0.333. The van der Waals surface area contributed by atoms with Crippen molar-refractivity contribution in [2.45, 2.75) is 44.9 Å². The molecule has 32 heavy (non-hydrogen) atoms. The van der Waals surface area contributed by atoms with Gasteiger partial charge >= 0.3 is 0 Å². The highest BCUT2D eigenvalue weighted by Crippen LogP contribution is 2.42. The number of para-hydroxylation sites is 1. The van der Waals surface area contributed by atoms with E-state index in [-0.39, 0.29) is 11.5 Å². The number of methoxy groups -OCH3 is 1. The van der Waals surface area contributed by atoms with Crippen LogP contribution < -0.4 is 15.0 Å². The normalized spacial score (nSPS) is 14.9. The van der Waals surface area contributed by atoms with Gasteiger partial charge in [0, 0.05) is 16.0 Å². The minimum absolute atomic E-state index is 0.152. The molecule has 0 spiro atoms. The zero-order valence-corrected chi connectivity index (χ0v) is 21.3. The summed E-state index contributed by atoms with van der Waals surface area (Å²) in [4.78, 5) is 18.2. The maximum Gasteiger partial charge on any atom is 0.282 e. The Hall–Kier alpha value is -2.19. The van der Waals surface area contributed by atoms with Crippen molar-refractivity contribution in [3.8, 4) is 11.5 Å². The number of benzene rings is 2. The predicted octanol–water partition coefficient (Wildman–Crippen LogP) is 6.26. The van der Waals surface area contributed by atoms with Crippen LogP contribution in [0.25, 0.3) is 10.9 Å². The second kappa shape index (κ2) is 10.2. The third kappa shape index (κ3) is 4.48. The predicted molar refractivity (Wildman–Crippen MR) is 134 cm³/mol. The van der Waals surface area contributed by atoms with Gasteiger partial charge in [0.1, 0.15) is 5.82 Å². The molecule has 0 amide bonds. The van der Waals surface area contributed by atoms with Crippen LogP contribution in [0.5, 0.6) is 11.5 Å². The molecule has 0 atom stereocenters. The SMILES string of the molecule is CCOc1c(OC)cc(C=Nn2c(C3CCCCC3)nc3ccccc3c2=O)c(Br)c1Br. The van der Waals surface area contributed by atoms with E-state index in [0.29, 0.717) is 23.5 Å². The fraction of sp³-hybridized carbons (Fsp3) is 0.375. The zero-order valence-electron chi connectivity index (χ0n) is 18.1. The second-order valence-corrected chi connectivity index (χ2v) is 9.33. The first-order valence-corrected chi connectivity index (χ1v) is 12.4. The van der Waals surface area contributed by atoms with E-state index in [1.807, 2.05) is 31.2 Å². The Morgan fingerprint density at radius 3 is 2.66 bits per heavy atom. The number of hydrogen-bond donors (Lipinski definition) is 0. The van der Waals surface area contributed by atoms with Crippen molar-refractivity contribution in [2.75, 3.05) is 13.7 Å². The molecule has 0 saturated heterocycles. The largest absolute Gasteiger partial charge is 0.493 e. The minimum Gasteiger partial charge on any atom is -0.493 e. The van der Waals surface area contributed by atoms with Gasteiger partial charge in [-0.2, -0.15) is 9.78 Å². The summed E-state index contributed by atoms with van der Waals surface area (Å²) in [5.74, 6) is 2.16. The first-order chi connectivity index (χ1) is 15.5. The van der Waals surface area contributed by atoms with Crippen LogP contribution in [0.3, 0.4) is 0 Å². The van der Waals surface area contributed by atoms with Gasteiger partial charge in [-0.05, 0) is 69.8 Å². The van der Waals surface area contributed by atoms with Gasteiger partial charge in [0.2, 0.25) is 0 Å². The first-order valence-electron chi connectivity index (χ1n) is 10.8. The molecule has 0 bridgehead atoms. The highest BCUT2D eigenvalue weighted by molar-refractivity contribution is 9.13. The Labute approximate surface area is 203 Å². The third-order valence-corrected chi connectivity index (χ3v) is 7.87. The lowest BCUT2D eigenvalue weighted by Gasteiger charge is -2.22. The molecule has 1 fully saturated rings. The van der Waals surface area contributed by atoms with E-state index in [1.54, 1.807) is 19.4 Å². The average Bonchev–Trinajstić information content (AvgIpc) is 2.83. The molecule has 1 aromatic heterocycles. The van der Waals surface area contributed by atoms with Crippen LogP contribution in [0.15, 0.2) is 49.2 Å². The van der Waals surface area contributed by atoms with Crippen LogP contribution in [-0.4, -0.2) is 29.6 Å². The second-order valence-electron chi connectivity index (χ2n) is 7.74. The van der Waals surface area contributed by atoms with E-state index in [9.17, 15) is 4.79 Å². The molecule has 1 aliphatic rings. The van der Waals surface area contributed by atoms with Gasteiger partial charge in [-0.25, -0.2) is 4.98 Å². The van der Waals surface area contributed by atoms with E-state index in [2.05, 4.69) is 37.0 Å². The molecule has 1 saturated carbocycles. The van der Waals surface area contributed by atoms with Gasteiger partial charge < -0.3 is 9.47 Å². The number of hydrogen-bond acceptors (Lipinski definition) is 5. The number of aromatic nitrogens is 2. The summed E-state index contributed by atoms with van der Waals surface area (Å²) in [5.41, 5.74) is 1.32. The van der Waals surface area contributed by atoms with Gasteiger partial charge in [-0.1, -0.05) is 31.4 Å². The van der Waals surface area contributed by atoms with Gasteiger partial charge in [-0.3, -0.25) is 4.79 Å². The van der Waals surface area contributed by atoms with E-state index < -0.39 is 0 Å². The molecule has 0 radical (unpaired) electrons. The van der Waals surface area contributed by atoms with Crippen molar-refractivity contribution in [1.29, 1.82) is 0 Å². The Morgan fingerprint density at radius 2 is 1.94 bits per heavy atom. The van der Waals surface area contributed by atoms with Crippen LogP contribution in [-0.2, 0) is 0 Å². The van der Waals surface area contributed by atoms with E-state index in [4.69, 9.17) is 14.5 Å². The highest BCUT2D eigenvalue weighted by Gasteiger charge is 2.22. The number of halogens is 2. The van der Waals surface area contributed by atoms with Crippen LogP contribution in [0, 0.1) is 0 Å². The average molecular weight is 563 g/mol. The van der Waals surface area contributed by atoms with E-state index in [0.717, 1.165) is 51.5 Å². The van der Waals surface area contributed by atoms with Gasteiger partial charge in [-0.15, -0.1) is 0 Å². The van der Waals surface area contributed by atoms with Crippen molar-refractivity contribution < 1.29 is 9.47 Å². The molecule has 1 aliphatic carbocycles. The zero-order chi connectivity index (χ0) is 22.7. The molecule has 0 aliphatic heterocycles. The molecule has 2 aromatic carbocycles. The summed E-state index contributed by atoms with van der Waals surface area (Å²) in [7, 11) is 1.60. The Balaban J connectivity index is 1.84. The molecule has 6 nitrogen and oxygen atoms in total. The fourth-order valence-corrected chi connectivity index (χ4v) is 5.06. The molecule has 8 heteroatoms. The van der Waals surface area contributed by atoms with Crippen molar-refractivity contribution >= 4 is 49.0 Å². The fourth-order valence-electron chi connectivity index (χ4n) is 4.13. The molecular formula is C24H25Br2N3O3. The lowest BCUT2D eigenvalue weighted by atomic mass is 9.88. The summed E-state index contributed by atoms with van der Waals surface area (Å²) in [6.45, 7) is 2.43. The summed E-state index contributed by atoms with van der Waals surface area (Å²) in [6, 6.07) is 9.29. The van der Waals surface area contributed by atoms with Gasteiger partial charge in [0.15, 0.2) is 11.5 Å². The maximum absolute atomic E-state index is 13.4. The molecule has 3 aromatic rings. The molecule has 0 N–H and O–H groups in total. The standard InChI is InChI=1S/C24H25Br2N3O3/c1-3-32-22-19(31-2)13-16(20(25)21(22)26)14-27-29-23(15-9-5-4-6-10-15)28-18-12-8-7-11-17(18)24(29)30/h7-8,11-15H,3-6,9-10H2,1-2H3. The van der Waals surface area contributed by atoms with Crippen LogP contribution >= 0.6 is 31.9 Å². The van der Waals surface area contributed by atoms with E-state index >= 15 is 0 Å². The summed E-state index contributed by atoms with van der Waals surface area (Å²) in [5, 5.41) is 5.19. The van der Waals surface area contributed by atoms with Crippen molar-refractivity contribution in [1.82, 2.24) is 9.66 Å². The third-order valence-electron chi connectivity index (χ3n) is 5.73. The number of ether oxygens (including phenoxy) is 2. The molecule has 0 unspecified atom stereocenters. The summed E-state index contributed by atoms with van der Waals surface area (Å²) >= 11 is 7.19. The van der Waals surface area contributed by atoms with Crippen molar-refractivity contribution in [2.24, 2.45) is 5.10 Å². The van der Waals surface area contributed by atoms with Crippen molar-refractivity contribution in [3.63, 3.8) is 0 Å².